The molecule has 5 heteroatoms. The zero-order valence-corrected chi connectivity index (χ0v) is 12.8. The average Bonchev–Trinajstić information content (AvgIpc) is 2.37. The van der Waals surface area contributed by atoms with Crippen LogP contribution in [0.4, 0.5) is 14.5 Å². The van der Waals surface area contributed by atoms with Crippen LogP contribution < -0.4 is 10.6 Å². The van der Waals surface area contributed by atoms with Gasteiger partial charge in [-0.3, -0.25) is 5.41 Å². The van der Waals surface area contributed by atoms with Crippen LogP contribution in [0.2, 0.25) is 0 Å². The molecule has 1 aliphatic heterocycles. The average molecular weight is 295 g/mol. The standard InChI is InChI=1S/C16H23F2N3/c1-16(2,3)11-4-6-21(7-5-11)14-12(17)8-10(15(19)20)9-13(14)18/h8-9,11H,4-7H2,1-3H3,(H3,19,20). The molecule has 3 nitrogen and oxygen atoms in total. The Kier molecular flexibility index (Phi) is 4.21. The highest BCUT2D eigenvalue weighted by Crippen LogP contribution is 2.36. The summed E-state index contributed by atoms with van der Waals surface area (Å²) in [5.41, 5.74) is 5.59. The van der Waals surface area contributed by atoms with Gasteiger partial charge in [-0.15, -0.1) is 0 Å². The topological polar surface area (TPSA) is 53.1 Å². The van der Waals surface area contributed by atoms with Crippen LogP contribution in [-0.2, 0) is 0 Å². The van der Waals surface area contributed by atoms with Gasteiger partial charge in [-0.1, -0.05) is 20.8 Å². The summed E-state index contributed by atoms with van der Waals surface area (Å²) in [5, 5.41) is 7.27. The first-order chi connectivity index (χ1) is 9.70. The van der Waals surface area contributed by atoms with Crippen LogP contribution in [0, 0.1) is 28.4 Å². The molecular weight excluding hydrogens is 272 g/mol. The predicted octanol–water partition coefficient (Wildman–Crippen LogP) is 3.51. The van der Waals surface area contributed by atoms with E-state index >= 15 is 0 Å². The summed E-state index contributed by atoms with van der Waals surface area (Å²) in [5.74, 6) is -1.05. The van der Waals surface area contributed by atoms with E-state index in [-0.39, 0.29) is 22.5 Å². The number of nitrogens with one attached hydrogen (secondary N) is 1. The maximum atomic E-state index is 14.2. The quantitative estimate of drug-likeness (QED) is 0.648. The number of anilines is 1. The lowest BCUT2D eigenvalue weighted by atomic mass is 9.75. The van der Waals surface area contributed by atoms with Crippen molar-refractivity contribution in [1.29, 1.82) is 5.41 Å². The Bertz CT molecular complexity index is 518. The second-order valence-electron chi connectivity index (χ2n) is 6.83. The highest BCUT2D eigenvalue weighted by Gasteiger charge is 2.30. The van der Waals surface area contributed by atoms with E-state index in [4.69, 9.17) is 11.1 Å². The molecule has 3 N–H and O–H groups in total. The zero-order chi connectivity index (χ0) is 15.8. The van der Waals surface area contributed by atoms with Crippen LogP contribution in [-0.4, -0.2) is 18.9 Å². The Labute approximate surface area is 124 Å². The van der Waals surface area contributed by atoms with E-state index in [0.29, 0.717) is 19.0 Å². The molecule has 1 fully saturated rings. The number of hydrogen-bond acceptors (Lipinski definition) is 2. The fraction of sp³-hybridized carbons (Fsp3) is 0.562. The Balaban J connectivity index is 2.19. The zero-order valence-electron chi connectivity index (χ0n) is 12.8. The molecule has 116 valence electrons. The summed E-state index contributed by atoms with van der Waals surface area (Å²) < 4.78 is 28.3. The molecule has 1 aliphatic rings. The molecule has 1 saturated heterocycles. The molecule has 2 rings (SSSR count). The minimum absolute atomic E-state index is 0.00681. The largest absolute Gasteiger partial charge is 0.384 e. The van der Waals surface area contributed by atoms with E-state index in [1.54, 1.807) is 4.90 Å². The molecule has 0 spiro atoms. The maximum Gasteiger partial charge on any atom is 0.150 e. The van der Waals surface area contributed by atoms with Gasteiger partial charge >= 0.3 is 0 Å². The van der Waals surface area contributed by atoms with E-state index in [9.17, 15) is 8.78 Å². The normalized spacial score (nSPS) is 17.1. The Hall–Kier alpha value is -1.65. The van der Waals surface area contributed by atoms with Crippen LogP contribution in [0.25, 0.3) is 0 Å². The number of nitrogens with zero attached hydrogens (tertiary/aromatic N) is 1. The first kappa shape index (κ1) is 15.7. The molecule has 21 heavy (non-hydrogen) atoms. The summed E-state index contributed by atoms with van der Waals surface area (Å²) in [7, 11) is 0. The molecule has 0 saturated carbocycles. The smallest absolute Gasteiger partial charge is 0.150 e. The summed E-state index contributed by atoms with van der Waals surface area (Å²) in [6.07, 6.45) is 1.85. The van der Waals surface area contributed by atoms with Crippen LogP contribution in [0.15, 0.2) is 12.1 Å². The van der Waals surface area contributed by atoms with Gasteiger partial charge in [-0.2, -0.15) is 0 Å². The highest BCUT2D eigenvalue weighted by molar-refractivity contribution is 5.95. The van der Waals surface area contributed by atoms with Crippen molar-refractivity contribution in [3.05, 3.63) is 29.3 Å². The van der Waals surface area contributed by atoms with Gasteiger partial charge in [-0.05, 0) is 36.3 Å². The molecule has 1 aromatic carbocycles. The van der Waals surface area contributed by atoms with Crippen molar-refractivity contribution < 1.29 is 8.78 Å². The Morgan fingerprint density at radius 2 is 1.67 bits per heavy atom. The number of benzene rings is 1. The molecule has 1 aromatic rings. The SMILES string of the molecule is CC(C)(C)C1CCN(c2c(F)cc(C(=N)N)cc2F)CC1. The van der Waals surface area contributed by atoms with E-state index in [1.165, 1.54) is 0 Å². The summed E-state index contributed by atoms with van der Waals surface area (Å²) in [6.45, 7) is 7.91. The second kappa shape index (κ2) is 5.62. The minimum Gasteiger partial charge on any atom is -0.384 e. The number of amidine groups is 1. The molecule has 0 amide bonds. The monoisotopic (exact) mass is 295 g/mol. The van der Waals surface area contributed by atoms with Gasteiger partial charge < -0.3 is 10.6 Å². The predicted molar refractivity (Wildman–Crippen MR) is 81.8 cm³/mol. The lowest BCUT2D eigenvalue weighted by molar-refractivity contribution is 0.198. The summed E-state index contributed by atoms with van der Waals surface area (Å²) in [4.78, 5) is 1.76. The molecule has 1 heterocycles. The molecular formula is C16H23F2N3. The molecule has 0 bridgehead atoms. The van der Waals surface area contributed by atoms with E-state index in [2.05, 4.69) is 20.8 Å². The minimum atomic E-state index is -0.644. The third-order valence-corrected chi connectivity index (χ3v) is 4.36. The molecule has 0 atom stereocenters. The Morgan fingerprint density at radius 3 is 2.05 bits per heavy atom. The maximum absolute atomic E-state index is 14.2. The number of piperidine rings is 1. The lowest BCUT2D eigenvalue weighted by Crippen LogP contribution is -2.39. The van der Waals surface area contributed by atoms with Crippen molar-refractivity contribution >= 4 is 11.5 Å². The van der Waals surface area contributed by atoms with Crippen LogP contribution >= 0.6 is 0 Å². The number of halogens is 2. The number of nitrogens with two attached hydrogens (primary N) is 1. The van der Waals surface area contributed by atoms with Crippen molar-refractivity contribution in [2.45, 2.75) is 33.6 Å². The molecule has 0 aliphatic carbocycles. The number of hydrogen-bond donors (Lipinski definition) is 2. The van der Waals surface area contributed by atoms with Gasteiger partial charge in [0, 0.05) is 18.7 Å². The number of nitrogen functional groups attached to an aromatic ring is 1. The van der Waals surface area contributed by atoms with Gasteiger partial charge in [0.1, 0.15) is 23.2 Å². The molecule has 0 aromatic heterocycles. The third-order valence-electron chi connectivity index (χ3n) is 4.36. The van der Waals surface area contributed by atoms with Crippen LogP contribution in [0.5, 0.6) is 0 Å². The van der Waals surface area contributed by atoms with Crippen LogP contribution in [0.3, 0.4) is 0 Å². The van der Waals surface area contributed by atoms with Crippen molar-refractivity contribution in [3.8, 4) is 0 Å². The van der Waals surface area contributed by atoms with Gasteiger partial charge in [0.25, 0.3) is 0 Å². The lowest BCUT2D eigenvalue weighted by Gasteiger charge is -2.39. The van der Waals surface area contributed by atoms with Crippen molar-refractivity contribution in [3.63, 3.8) is 0 Å². The Morgan fingerprint density at radius 1 is 1.19 bits per heavy atom. The second-order valence-corrected chi connectivity index (χ2v) is 6.83. The number of rotatable bonds is 2. The van der Waals surface area contributed by atoms with Crippen LogP contribution in [0.1, 0.15) is 39.2 Å². The van der Waals surface area contributed by atoms with Gasteiger partial charge in [0.05, 0.1) is 0 Å². The van der Waals surface area contributed by atoms with Gasteiger partial charge in [0.2, 0.25) is 0 Å². The first-order valence-electron chi connectivity index (χ1n) is 7.28. The van der Waals surface area contributed by atoms with Gasteiger partial charge in [-0.25, -0.2) is 8.78 Å². The molecule has 0 unspecified atom stereocenters. The van der Waals surface area contributed by atoms with E-state index in [0.717, 1.165) is 25.0 Å². The summed E-state index contributed by atoms with van der Waals surface area (Å²) in [6, 6.07) is 2.27. The fourth-order valence-electron chi connectivity index (χ4n) is 2.99. The van der Waals surface area contributed by atoms with Crippen molar-refractivity contribution in [2.24, 2.45) is 17.1 Å². The van der Waals surface area contributed by atoms with E-state index < -0.39 is 11.6 Å². The van der Waals surface area contributed by atoms with Crippen molar-refractivity contribution in [2.75, 3.05) is 18.0 Å². The summed E-state index contributed by atoms with van der Waals surface area (Å²) >= 11 is 0. The van der Waals surface area contributed by atoms with Crippen molar-refractivity contribution in [1.82, 2.24) is 0 Å². The third kappa shape index (κ3) is 3.34. The highest BCUT2D eigenvalue weighted by atomic mass is 19.1. The fourth-order valence-corrected chi connectivity index (χ4v) is 2.99. The first-order valence-corrected chi connectivity index (χ1v) is 7.28. The molecule has 0 radical (unpaired) electrons. The van der Waals surface area contributed by atoms with E-state index in [1.807, 2.05) is 0 Å². The van der Waals surface area contributed by atoms with Gasteiger partial charge in [0.15, 0.2) is 0 Å².